The molecule has 0 aliphatic heterocycles. The summed E-state index contributed by atoms with van der Waals surface area (Å²) in [6.45, 7) is 7.10. The van der Waals surface area contributed by atoms with Crippen LogP contribution < -0.4 is 5.32 Å². The number of nitrogens with one attached hydrogen (secondary N) is 1. The molecule has 0 saturated heterocycles. The highest BCUT2D eigenvalue weighted by Crippen LogP contribution is 2.17. The molecule has 1 fully saturated rings. The average Bonchev–Trinajstić information content (AvgIpc) is 2.24. The number of aliphatic hydroxyl groups is 1. The van der Waals surface area contributed by atoms with Crippen LogP contribution in [0.2, 0.25) is 0 Å². The Kier molecular flexibility index (Phi) is 5.73. The van der Waals surface area contributed by atoms with Crippen LogP contribution in [0.1, 0.15) is 52.9 Å². The van der Waals surface area contributed by atoms with E-state index >= 15 is 0 Å². The third kappa shape index (κ3) is 6.46. The van der Waals surface area contributed by atoms with E-state index in [2.05, 4.69) is 5.32 Å². The summed E-state index contributed by atoms with van der Waals surface area (Å²) in [7, 11) is 0. The highest BCUT2D eigenvalue weighted by atomic mass is 16.5. The molecule has 3 nitrogen and oxygen atoms in total. The standard InChI is InChI=1S/C13H27NO2/c1-13(2,3)16-10-12(15)9-14-11-7-5-4-6-8-11/h11-12,14-15H,4-10H2,1-3H3/t12-/m0/s1. The molecule has 0 bridgehead atoms. The van der Waals surface area contributed by atoms with Gasteiger partial charge in [-0.05, 0) is 33.6 Å². The molecule has 96 valence electrons. The van der Waals surface area contributed by atoms with Gasteiger partial charge >= 0.3 is 0 Å². The summed E-state index contributed by atoms with van der Waals surface area (Å²) >= 11 is 0. The van der Waals surface area contributed by atoms with Gasteiger partial charge in [0.1, 0.15) is 0 Å². The van der Waals surface area contributed by atoms with Crippen LogP contribution in [0.15, 0.2) is 0 Å². The van der Waals surface area contributed by atoms with Crippen molar-refractivity contribution in [2.75, 3.05) is 13.2 Å². The average molecular weight is 229 g/mol. The highest BCUT2D eigenvalue weighted by molar-refractivity contribution is 4.73. The van der Waals surface area contributed by atoms with E-state index in [0.717, 1.165) is 0 Å². The molecule has 0 unspecified atom stereocenters. The molecular formula is C13H27NO2. The molecule has 1 aliphatic carbocycles. The van der Waals surface area contributed by atoms with E-state index in [0.29, 0.717) is 19.2 Å². The molecule has 16 heavy (non-hydrogen) atoms. The van der Waals surface area contributed by atoms with E-state index in [-0.39, 0.29) is 11.7 Å². The SMILES string of the molecule is CC(C)(C)OC[C@@H](O)CNC1CCCCC1. The van der Waals surface area contributed by atoms with Crippen molar-refractivity contribution in [1.82, 2.24) is 5.32 Å². The summed E-state index contributed by atoms with van der Waals surface area (Å²) in [6.07, 6.45) is 6.15. The van der Waals surface area contributed by atoms with Gasteiger partial charge in [0.05, 0.1) is 18.3 Å². The minimum atomic E-state index is -0.388. The second kappa shape index (κ2) is 6.58. The summed E-state index contributed by atoms with van der Waals surface area (Å²) in [5.41, 5.74) is -0.161. The van der Waals surface area contributed by atoms with E-state index in [1.807, 2.05) is 20.8 Å². The van der Waals surface area contributed by atoms with Crippen LogP contribution in [-0.2, 0) is 4.74 Å². The normalized spacial score (nSPS) is 21.0. The molecular weight excluding hydrogens is 202 g/mol. The Morgan fingerprint density at radius 2 is 1.88 bits per heavy atom. The first-order valence-corrected chi connectivity index (χ1v) is 6.53. The maximum Gasteiger partial charge on any atom is 0.0898 e. The minimum absolute atomic E-state index is 0.161. The van der Waals surface area contributed by atoms with Crippen LogP contribution in [0, 0.1) is 0 Å². The van der Waals surface area contributed by atoms with Crippen molar-refractivity contribution in [1.29, 1.82) is 0 Å². The van der Waals surface area contributed by atoms with E-state index in [4.69, 9.17) is 4.74 Å². The number of hydrogen-bond donors (Lipinski definition) is 2. The Balaban J connectivity index is 2.07. The summed E-state index contributed by atoms with van der Waals surface area (Å²) < 4.78 is 5.54. The number of aliphatic hydroxyl groups excluding tert-OH is 1. The lowest BCUT2D eigenvalue weighted by molar-refractivity contribution is -0.0485. The summed E-state index contributed by atoms with van der Waals surface area (Å²) in [6, 6.07) is 0.609. The Hall–Kier alpha value is -0.120. The Morgan fingerprint density at radius 3 is 2.44 bits per heavy atom. The van der Waals surface area contributed by atoms with Gasteiger partial charge in [-0.15, -0.1) is 0 Å². The monoisotopic (exact) mass is 229 g/mol. The van der Waals surface area contributed by atoms with Crippen molar-refractivity contribution in [2.45, 2.75) is 70.6 Å². The summed E-state index contributed by atoms with van der Waals surface area (Å²) in [5.74, 6) is 0. The fraction of sp³-hybridized carbons (Fsp3) is 1.00. The maximum atomic E-state index is 9.76. The highest BCUT2D eigenvalue weighted by Gasteiger charge is 2.16. The van der Waals surface area contributed by atoms with Crippen molar-refractivity contribution in [3.63, 3.8) is 0 Å². The van der Waals surface area contributed by atoms with Gasteiger partial charge in [-0.2, -0.15) is 0 Å². The van der Waals surface area contributed by atoms with Crippen LogP contribution in [0.25, 0.3) is 0 Å². The number of ether oxygens (including phenoxy) is 1. The molecule has 0 amide bonds. The zero-order valence-corrected chi connectivity index (χ0v) is 11.0. The van der Waals surface area contributed by atoms with E-state index in [1.165, 1.54) is 32.1 Å². The first-order valence-electron chi connectivity index (χ1n) is 6.53. The third-order valence-electron chi connectivity index (χ3n) is 2.96. The molecule has 0 aromatic carbocycles. The van der Waals surface area contributed by atoms with Crippen molar-refractivity contribution < 1.29 is 9.84 Å². The largest absolute Gasteiger partial charge is 0.389 e. The molecule has 0 radical (unpaired) electrons. The van der Waals surface area contributed by atoms with Crippen LogP contribution >= 0.6 is 0 Å². The van der Waals surface area contributed by atoms with E-state index in [1.54, 1.807) is 0 Å². The first-order chi connectivity index (χ1) is 7.47. The molecule has 0 spiro atoms. The number of hydrogen-bond acceptors (Lipinski definition) is 3. The van der Waals surface area contributed by atoms with Gasteiger partial charge in [0.2, 0.25) is 0 Å². The molecule has 1 saturated carbocycles. The predicted molar refractivity (Wildman–Crippen MR) is 66.6 cm³/mol. The van der Waals surface area contributed by atoms with Gasteiger partial charge in [-0.1, -0.05) is 19.3 Å². The topological polar surface area (TPSA) is 41.5 Å². The zero-order valence-electron chi connectivity index (χ0n) is 11.0. The smallest absolute Gasteiger partial charge is 0.0898 e. The summed E-state index contributed by atoms with van der Waals surface area (Å²) in [4.78, 5) is 0. The molecule has 1 aliphatic rings. The van der Waals surface area contributed by atoms with Gasteiger partial charge in [0.25, 0.3) is 0 Å². The van der Waals surface area contributed by atoms with Gasteiger partial charge in [-0.25, -0.2) is 0 Å². The van der Waals surface area contributed by atoms with E-state index < -0.39 is 0 Å². The van der Waals surface area contributed by atoms with Gasteiger partial charge in [-0.3, -0.25) is 0 Å². The first kappa shape index (κ1) is 13.9. The molecule has 0 aromatic heterocycles. The number of rotatable bonds is 5. The zero-order chi connectivity index (χ0) is 12.0. The molecule has 0 heterocycles. The van der Waals surface area contributed by atoms with Crippen LogP contribution in [-0.4, -0.2) is 36.0 Å². The van der Waals surface area contributed by atoms with Crippen LogP contribution in [0.4, 0.5) is 0 Å². The van der Waals surface area contributed by atoms with Crippen molar-refractivity contribution >= 4 is 0 Å². The van der Waals surface area contributed by atoms with Crippen molar-refractivity contribution in [3.8, 4) is 0 Å². The van der Waals surface area contributed by atoms with Crippen molar-refractivity contribution in [2.24, 2.45) is 0 Å². The third-order valence-corrected chi connectivity index (χ3v) is 2.96. The van der Waals surface area contributed by atoms with Crippen LogP contribution in [0.3, 0.4) is 0 Å². The second-order valence-corrected chi connectivity index (χ2v) is 5.82. The fourth-order valence-electron chi connectivity index (χ4n) is 2.01. The lowest BCUT2D eigenvalue weighted by Crippen LogP contribution is -2.39. The molecule has 3 heteroatoms. The Bertz CT molecular complexity index is 183. The minimum Gasteiger partial charge on any atom is -0.389 e. The predicted octanol–water partition coefficient (Wildman–Crippen LogP) is 2.08. The van der Waals surface area contributed by atoms with E-state index in [9.17, 15) is 5.11 Å². The Labute approximate surface area is 99.6 Å². The molecule has 2 N–H and O–H groups in total. The van der Waals surface area contributed by atoms with Crippen molar-refractivity contribution in [3.05, 3.63) is 0 Å². The lowest BCUT2D eigenvalue weighted by atomic mass is 9.95. The fourth-order valence-corrected chi connectivity index (χ4v) is 2.01. The quantitative estimate of drug-likeness (QED) is 0.758. The van der Waals surface area contributed by atoms with Gasteiger partial charge < -0.3 is 15.2 Å². The second-order valence-electron chi connectivity index (χ2n) is 5.82. The van der Waals surface area contributed by atoms with Gasteiger partial charge in [0, 0.05) is 12.6 Å². The van der Waals surface area contributed by atoms with Crippen LogP contribution in [0.5, 0.6) is 0 Å². The molecule has 0 aromatic rings. The molecule has 1 atom stereocenters. The lowest BCUT2D eigenvalue weighted by Gasteiger charge is -2.26. The Morgan fingerprint density at radius 1 is 1.25 bits per heavy atom. The maximum absolute atomic E-state index is 9.76. The summed E-state index contributed by atoms with van der Waals surface area (Å²) in [5, 5.41) is 13.2. The molecule has 1 rings (SSSR count). The van der Waals surface area contributed by atoms with Gasteiger partial charge in [0.15, 0.2) is 0 Å².